The van der Waals surface area contributed by atoms with E-state index in [1.807, 2.05) is 0 Å². The van der Waals surface area contributed by atoms with Crippen molar-refractivity contribution >= 4 is 17.4 Å². The molecular weight excluding hydrogens is 399 g/mol. The van der Waals surface area contributed by atoms with Crippen molar-refractivity contribution in [3.8, 4) is 5.75 Å². The molecule has 0 saturated heterocycles. The maximum Gasteiger partial charge on any atom is 0.258 e. The summed E-state index contributed by atoms with van der Waals surface area (Å²) in [6, 6.07) is 3.97. The highest BCUT2D eigenvalue weighted by atomic mass is 19.1. The molecule has 30 heavy (non-hydrogen) atoms. The summed E-state index contributed by atoms with van der Waals surface area (Å²) < 4.78 is 40.3. The van der Waals surface area contributed by atoms with Gasteiger partial charge in [0, 0.05) is 29.6 Å². The van der Waals surface area contributed by atoms with E-state index >= 15 is 0 Å². The molecule has 154 valence electrons. The highest BCUT2D eigenvalue weighted by Gasteiger charge is 2.14. The molecule has 1 amide bonds. The monoisotopic (exact) mass is 415 g/mol. The van der Waals surface area contributed by atoms with Gasteiger partial charge in [-0.25, -0.2) is 18.7 Å². The van der Waals surface area contributed by atoms with Crippen molar-refractivity contribution in [1.29, 1.82) is 0 Å². The number of pyridine rings is 3. The van der Waals surface area contributed by atoms with Crippen molar-refractivity contribution in [2.45, 2.75) is 20.3 Å². The van der Waals surface area contributed by atoms with Gasteiger partial charge in [-0.1, -0.05) is 12.1 Å². The largest absolute Gasteiger partial charge is 0.352 e. The number of halogens is 3. The van der Waals surface area contributed by atoms with E-state index in [0.29, 0.717) is 17.7 Å². The first kappa shape index (κ1) is 20.9. The maximum absolute atomic E-state index is 13.6. The summed E-state index contributed by atoms with van der Waals surface area (Å²) in [4.78, 5) is 28.3. The third-order valence-corrected chi connectivity index (χ3v) is 4.10. The van der Waals surface area contributed by atoms with Crippen LogP contribution in [0, 0.1) is 24.5 Å². The first-order valence-electron chi connectivity index (χ1n) is 8.81. The van der Waals surface area contributed by atoms with Crippen LogP contribution in [0.1, 0.15) is 34.8 Å². The molecule has 3 aromatic rings. The highest BCUT2D eigenvalue weighted by Crippen LogP contribution is 2.17. The lowest BCUT2D eigenvalue weighted by molar-refractivity contribution is 0.102. The average Bonchev–Trinajstić information content (AvgIpc) is 2.74. The summed E-state index contributed by atoms with van der Waals surface area (Å²) in [5.41, 5.74) is 1.23. The molecule has 1 N–H and O–H groups in total. The molecule has 0 aromatic carbocycles. The number of carbonyl (C=O) groups excluding carboxylic acids is 1. The second-order valence-corrected chi connectivity index (χ2v) is 6.11. The lowest BCUT2D eigenvalue weighted by Crippen LogP contribution is -2.15. The van der Waals surface area contributed by atoms with E-state index in [4.69, 9.17) is 4.84 Å². The van der Waals surface area contributed by atoms with Gasteiger partial charge in [0.2, 0.25) is 5.75 Å². The van der Waals surface area contributed by atoms with Gasteiger partial charge in [0.25, 0.3) is 11.9 Å². The third-order valence-electron chi connectivity index (χ3n) is 4.10. The number of hydrogen-bond donors (Lipinski definition) is 1. The lowest BCUT2D eigenvalue weighted by atomic mass is 10.1. The van der Waals surface area contributed by atoms with Crippen LogP contribution < -0.4 is 10.2 Å². The molecule has 0 unspecified atom stereocenters. The fourth-order valence-corrected chi connectivity index (χ4v) is 2.44. The molecule has 0 aliphatic carbocycles. The van der Waals surface area contributed by atoms with Crippen LogP contribution in [-0.2, 0) is 0 Å². The zero-order valence-electron chi connectivity index (χ0n) is 16.0. The number of nitrogens with zero attached hydrogens (tertiary/aromatic N) is 4. The number of hydrogen-bond acceptors (Lipinski definition) is 6. The predicted molar refractivity (Wildman–Crippen MR) is 103 cm³/mol. The van der Waals surface area contributed by atoms with Crippen molar-refractivity contribution in [2.24, 2.45) is 5.16 Å². The van der Waals surface area contributed by atoms with Gasteiger partial charge in [-0.15, -0.1) is 0 Å². The summed E-state index contributed by atoms with van der Waals surface area (Å²) in [5, 5.41) is 6.39. The van der Waals surface area contributed by atoms with Crippen molar-refractivity contribution in [3.63, 3.8) is 0 Å². The zero-order chi connectivity index (χ0) is 21.7. The first-order valence-corrected chi connectivity index (χ1v) is 8.81. The molecule has 0 atom stereocenters. The van der Waals surface area contributed by atoms with Crippen LogP contribution in [0.2, 0.25) is 0 Å². The van der Waals surface area contributed by atoms with Gasteiger partial charge in [0.1, 0.15) is 17.5 Å². The Labute approximate surface area is 169 Å². The topological polar surface area (TPSA) is 89.4 Å². The van der Waals surface area contributed by atoms with Gasteiger partial charge in [0.05, 0.1) is 23.7 Å². The molecule has 0 aliphatic rings. The second-order valence-electron chi connectivity index (χ2n) is 6.11. The maximum atomic E-state index is 13.6. The van der Waals surface area contributed by atoms with E-state index < -0.39 is 29.2 Å². The van der Waals surface area contributed by atoms with Crippen molar-refractivity contribution in [3.05, 3.63) is 77.3 Å². The van der Waals surface area contributed by atoms with Crippen molar-refractivity contribution in [2.75, 3.05) is 5.32 Å². The summed E-state index contributed by atoms with van der Waals surface area (Å²) >= 11 is 0. The Morgan fingerprint density at radius 2 is 1.93 bits per heavy atom. The minimum atomic E-state index is -0.992. The standard InChI is InChI=1S/C20H16F3N5O2/c1-3-16(28-30-17-6-13(21)8-26-19(17)23)12-4-5-18(25-7-12)27-20(29)14-9-24-10-15(22)11(14)2/h4-10H,3H2,1-2H3,(H,25,27,29). The zero-order valence-corrected chi connectivity index (χ0v) is 16.0. The number of nitrogens with one attached hydrogen (secondary N) is 1. The number of rotatable bonds is 6. The number of amides is 1. The Hall–Kier alpha value is -3.82. The number of carbonyl (C=O) groups is 1. The minimum absolute atomic E-state index is 0.0933. The predicted octanol–water partition coefficient (Wildman–Crippen LogP) is 4.04. The first-order chi connectivity index (χ1) is 14.4. The van der Waals surface area contributed by atoms with Crippen LogP contribution in [0.4, 0.5) is 19.0 Å². The average molecular weight is 415 g/mol. The number of aromatic nitrogens is 3. The normalized spacial score (nSPS) is 11.3. The molecule has 3 aromatic heterocycles. The fourth-order valence-electron chi connectivity index (χ4n) is 2.44. The van der Waals surface area contributed by atoms with Crippen LogP contribution >= 0.6 is 0 Å². The van der Waals surface area contributed by atoms with Crippen LogP contribution in [-0.4, -0.2) is 26.6 Å². The Morgan fingerprint density at radius 1 is 1.13 bits per heavy atom. The Bertz CT molecular complexity index is 1100. The molecule has 0 fully saturated rings. The highest BCUT2D eigenvalue weighted by molar-refractivity contribution is 6.05. The van der Waals surface area contributed by atoms with Gasteiger partial charge < -0.3 is 10.2 Å². The lowest BCUT2D eigenvalue weighted by Gasteiger charge is -2.08. The van der Waals surface area contributed by atoms with Gasteiger partial charge in [-0.2, -0.15) is 4.39 Å². The smallest absolute Gasteiger partial charge is 0.258 e. The van der Waals surface area contributed by atoms with Crippen molar-refractivity contribution < 1.29 is 22.8 Å². The van der Waals surface area contributed by atoms with E-state index in [0.717, 1.165) is 18.5 Å². The van der Waals surface area contributed by atoms with Gasteiger partial charge in [0.15, 0.2) is 0 Å². The van der Waals surface area contributed by atoms with E-state index in [9.17, 15) is 18.0 Å². The second kappa shape index (κ2) is 9.12. The van der Waals surface area contributed by atoms with Crippen molar-refractivity contribution in [1.82, 2.24) is 15.0 Å². The van der Waals surface area contributed by atoms with Crippen LogP contribution in [0.25, 0.3) is 0 Å². The van der Waals surface area contributed by atoms with E-state index in [1.165, 1.54) is 25.4 Å². The summed E-state index contributed by atoms with van der Waals surface area (Å²) in [6.45, 7) is 3.27. The van der Waals surface area contributed by atoms with Gasteiger partial charge in [-0.05, 0) is 25.5 Å². The molecule has 10 heteroatoms. The summed E-state index contributed by atoms with van der Waals surface area (Å²) in [6.07, 6.45) is 4.86. The van der Waals surface area contributed by atoms with E-state index in [2.05, 4.69) is 25.4 Å². The molecule has 0 radical (unpaired) electrons. The van der Waals surface area contributed by atoms with E-state index in [-0.39, 0.29) is 16.9 Å². The molecule has 7 nitrogen and oxygen atoms in total. The molecule has 0 aliphatic heterocycles. The van der Waals surface area contributed by atoms with E-state index in [1.54, 1.807) is 13.0 Å². The Kier molecular flexibility index (Phi) is 6.35. The molecule has 3 heterocycles. The quantitative estimate of drug-likeness (QED) is 0.373. The molecule has 0 saturated carbocycles. The minimum Gasteiger partial charge on any atom is -0.352 e. The number of oxime groups is 1. The van der Waals surface area contributed by atoms with Crippen LogP contribution in [0.15, 0.2) is 48.1 Å². The Morgan fingerprint density at radius 3 is 2.63 bits per heavy atom. The molecule has 3 rings (SSSR count). The summed E-state index contributed by atoms with van der Waals surface area (Å²) in [7, 11) is 0. The van der Waals surface area contributed by atoms with Crippen LogP contribution in [0.5, 0.6) is 5.75 Å². The third kappa shape index (κ3) is 4.77. The van der Waals surface area contributed by atoms with Gasteiger partial charge >= 0.3 is 0 Å². The number of anilines is 1. The molecule has 0 spiro atoms. The fraction of sp³-hybridized carbons (Fsp3) is 0.150. The van der Waals surface area contributed by atoms with Gasteiger partial charge in [-0.3, -0.25) is 9.78 Å². The molecular formula is C20H16F3N5O2. The van der Waals surface area contributed by atoms with Crippen LogP contribution in [0.3, 0.4) is 0 Å². The molecule has 0 bridgehead atoms. The summed E-state index contributed by atoms with van der Waals surface area (Å²) in [5.74, 6) is -3.11. The SMILES string of the molecule is CCC(=NOc1cc(F)cnc1F)c1ccc(NC(=O)c2cncc(F)c2C)nc1. The Balaban J connectivity index is 1.74.